The monoisotopic (exact) mass is 298 g/mol. The van der Waals surface area contributed by atoms with Crippen LogP contribution < -0.4 is 5.32 Å². The minimum atomic E-state index is -0.806. The standard InChI is InChI=1S/C11H8BrClN2O/c12-8-2-1-7(5-9(8)13)15-10(16)11(6-14)3-4-11/h1-2,5H,3-4H2,(H,15,16). The Hall–Kier alpha value is -1.05. The van der Waals surface area contributed by atoms with Crippen LogP contribution in [0.4, 0.5) is 5.69 Å². The molecule has 0 radical (unpaired) electrons. The normalized spacial score (nSPS) is 16.3. The van der Waals surface area contributed by atoms with E-state index >= 15 is 0 Å². The lowest BCUT2D eigenvalue weighted by Crippen LogP contribution is -2.22. The molecule has 5 heteroatoms. The topological polar surface area (TPSA) is 52.9 Å². The number of anilines is 1. The molecule has 2 rings (SSSR count). The molecule has 1 fully saturated rings. The first kappa shape index (κ1) is 11.4. The molecule has 0 aromatic heterocycles. The first-order valence-corrected chi connectivity index (χ1v) is 5.92. The van der Waals surface area contributed by atoms with Gasteiger partial charge in [0.2, 0.25) is 5.91 Å². The first-order chi connectivity index (χ1) is 7.57. The Labute approximate surface area is 107 Å². The van der Waals surface area contributed by atoms with Crippen molar-refractivity contribution in [3.63, 3.8) is 0 Å². The third-order valence-corrected chi connectivity index (χ3v) is 3.81. The third-order valence-electron chi connectivity index (χ3n) is 2.58. The molecule has 1 aromatic carbocycles. The van der Waals surface area contributed by atoms with E-state index in [-0.39, 0.29) is 5.91 Å². The molecule has 1 aromatic rings. The molecule has 0 unspecified atom stereocenters. The fourth-order valence-corrected chi connectivity index (χ4v) is 1.77. The number of nitrogens with one attached hydrogen (secondary N) is 1. The smallest absolute Gasteiger partial charge is 0.244 e. The molecule has 3 nitrogen and oxygen atoms in total. The Kier molecular flexibility index (Phi) is 2.92. The quantitative estimate of drug-likeness (QED) is 0.910. The van der Waals surface area contributed by atoms with Crippen molar-refractivity contribution < 1.29 is 4.79 Å². The van der Waals surface area contributed by atoms with Crippen molar-refractivity contribution in [1.29, 1.82) is 5.26 Å². The van der Waals surface area contributed by atoms with Gasteiger partial charge in [0, 0.05) is 10.2 Å². The van der Waals surface area contributed by atoms with Crippen molar-refractivity contribution in [3.05, 3.63) is 27.7 Å². The van der Waals surface area contributed by atoms with Crippen molar-refractivity contribution >= 4 is 39.1 Å². The van der Waals surface area contributed by atoms with Gasteiger partial charge in [0.25, 0.3) is 0 Å². The molecule has 1 saturated carbocycles. The summed E-state index contributed by atoms with van der Waals surface area (Å²) >= 11 is 9.16. The highest BCUT2D eigenvalue weighted by Crippen LogP contribution is 2.45. The third kappa shape index (κ3) is 2.06. The Morgan fingerprint density at radius 1 is 1.56 bits per heavy atom. The SMILES string of the molecule is N#CC1(C(=O)Nc2ccc(Br)c(Cl)c2)CC1. The van der Waals surface area contributed by atoms with Crippen molar-refractivity contribution in [3.8, 4) is 6.07 Å². The van der Waals surface area contributed by atoms with Crippen LogP contribution in [0.2, 0.25) is 5.02 Å². The lowest BCUT2D eigenvalue weighted by molar-refractivity contribution is -0.119. The fourth-order valence-electron chi connectivity index (χ4n) is 1.34. The lowest BCUT2D eigenvalue weighted by atomic mass is 10.1. The van der Waals surface area contributed by atoms with Crippen LogP contribution in [0.3, 0.4) is 0 Å². The average Bonchev–Trinajstić information content (AvgIpc) is 3.04. The van der Waals surface area contributed by atoms with Crippen LogP contribution in [0.15, 0.2) is 22.7 Å². The zero-order valence-electron chi connectivity index (χ0n) is 8.26. The number of halogens is 2. The second-order valence-electron chi connectivity index (χ2n) is 3.78. The summed E-state index contributed by atoms with van der Waals surface area (Å²) in [5, 5.41) is 12.1. The van der Waals surface area contributed by atoms with Crippen LogP contribution in [-0.4, -0.2) is 5.91 Å². The number of amides is 1. The molecule has 1 N–H and O–H groups in total. The Morgan fingerprint density at radius 3 is 2.75 bits per heavy atom. The largest absolute Gasteiger partial charge is 0.325 e. The number of benzene rings is 1. The maximum absolute atomic E-state index is 11.7. The number of hydrogen-bond acceptors (Lipinski definition) is 2. The molecule has 1 aliphatic carbocycles. The number of hydrogen-bond donors (Lipinski definition) is 1. The number of nitriles is 1. The van der Waals surface area contributed by atoms with Crippen molar-refractivity contribution in [2.24, 2.45) is 5.41 Å². The van der Waals surface area contributed by atoms with E-state index in [2.05, 4.69) is 21.2 Å². The van der Waals surface area contributed by atoms with E-state index in [0.717, 1.165) is 4.47 Å². The number of rotatable bonds is 2. The van der Waals surface area contributed by atoms with Crippen LogP contribution in [-0.2, 0) is 4.79 Å². The molecular weight excluding hydrogens is 291 g/mol. The van der Waals surface area contributed by atoms with Crippen LogP contribution >= 0.6 is 27.5 Å². The number of carbonyl (C=O) groups is 1. The summed E-state index contributed by atoms with van der Waals surface area (Å²) in [6, 6.07) is 7.19. The summed E-state index contributed by atoms with van der Waals surface area (Å²) in [6.45, 7) is 0. The van der Waals surface area contributed by atoms with Crippen LogP contribution in [0, 0.1) is 16.7 Å². The molecule has 1 amide bonds. The molecule has 0 bridgehead atoms. The van der Waals surface area contributed by atoms with Gasteiger partial charge in [-0.05, 0) is 47.0 Å². The van der Waals surface area contributed by atoms with Crippen LogP contribution in [0.5, 0.6) is 0 Å². The fraction of sp³-hybridized carbons (Fsp3) is 0.273. The highest BCUT2D eigenvalue weighted by Gasteiger charge is 2.50. The molecule has 82 valence electrons. The predicted molar refractivity (Wildman–Crippen MR) is 65.1 cm³/mol. The van der Waals surface area contributed by atoms with Crippen molar-refractivity contribution in [2.75, 3.05) is 5.32 Å². The van der Waals surface area contributed by atoms with E-state index < -0.39 is 5.41 Å². The number of nitrogens with zero attached hydrogens (tertiary/aromatic N) is 1. The molecule has 1 aliphatic rings. The van der Waals surface area contributed by atoms with Gasteiger partial charge in [0.1, 0.15) is 5.41 Å². The summed E-state index contributed by atoms with van der Waals surface area (Å²) < 4.78 is 0.772. The summed E-state index contributed by atoms with van der Waals surface area (Å²) in [4.78, 5) is 11.7. The molecule has 0 saturated heterocycles. The zero-order valence-corrected chi connectivity index (χ0v) is 10.6. The Morgan fingerprint density at radius 2 is 2.25 bits per heavy atom. The number of carbonyl (C=O) groups excluding carboxylic acids is 1. The van der Waals surface area contributed by atoms with E-state index in [9.17, 15) is 4.79 Å². The van der Waals surface area contributed by atoms with E-state index in [0.29, 0.717) is 23.6 Å². The summed E-state index contributed by atoms with van der Waals surface area (Å²) in [6.07, 6.45) is 1.28. The highest BCUT2D eigenvalue weighted by molar-refractivity contribution is 9.10. The maximum atomic E-state index is 11.7. The van der Waals surface area contributed by atoms with Crippen molar-refractivity contribution in [1.82, 2.24) is 0 Å². The van der Waals surface area contributed by atoms with Gasteiger partial charge in [-0.25, -0.2) is 0 Å². The highest BCUT2D eigenvalue weighted by atomic mass is 79.9. The lowest BCUT2D eigenvalue weighted by Gasteiger charge is -2.08. The molecule has 0 heterocycles. The second-order valence-corrected chi connectivity index (χ2v) is 5.04. The van der Waals surface area contributed by atoms with Gasteiger partial charge in [0.05, 0.1) is 11.1 Å². The van der Waals surface area contributed by atoms with E-state index in [1.54, 1.807) is 18.2 Å². The first-order valence-electron chi connectivity index (χ1n) is 4.75. The van der Waals surface area contributed by atoms with Gasteiger partial charge in [-0.2, -0.15) is 5.26 Å². The summed E-state index contributed by atoms with van der Waals surface area (Å²) in [7, 11) is 0. The van der Waals surface area contributed by atoms with Gasteiger partial charge in [0.15, 0.2) is 0 Å². The van der Waals surface area contributed by atoms with E-state index in [1.165, 1.54) is 0 Å². The molecular formula is C11H8BrClN2O. The van der Waals surface area contributed by atoms with E-state index in [4.69, 9.17) is 16.9 Å². The minimum absolute atomic E-state index is 0.242. The van der Waals surface area contributed by atoms with Gasteiger partial charge in [-0.1, -0.05) is 11.6 Å². The molecule has 0 spiro atoms. The average molecular weight is 300 g/mol. The summed E-state index contributed by atoms with van der Waals surface area (Å²) in [5.74, 6) is -0.242. The van der Waals surface area contributed by atoms with Gasteiger partial charge < -0.3 is 5.32 Å². The predicted octanol–water partition coefficient (Wildman–Crippen LogP) is 3.34. The van der Waals surface area contributed by atoms with Crippen LogP contribution in [0.25, 0.3) is 0 Å². The molecule has 0 aliphatic heterocycles. The maximum Gasteiger partial charge on any atom is 0.244 e. The van der Waals surface area contributed by atoms with Crippen molar-refractivity contribution in [2.45, 2.75) is 12.8 Å². The van der Waals surface area contributed by atoms with Gasteiger partial charge in [-0.3, -0.25) is 4.79 Å². The molecule has 16 heavy (non-hydrogen) atoms. The minimum Gasteiger partial charge on any atom is -0.325 e. The Bertz CT molecular complexity index is 491. The molecule has 0 atom stereocenters. The van der Waals surface area contributed by atoms with Crippen LogP contribution in [0.1, 0.15) is 12.8 Å². The van der Waals surface area contributed by atoms with Gasteiger partial charge >= 0.3 is 0 Å². The zero-order chi connectivity index (χ0) is 11.8. The summed E-state index contributed by atoms with van der Waals surface area (Å²) in [5.41, 5.74) is -0.195. The van der Waals surface area contributed by atoms with E-state index in [1.807, 2.05) is 6.07 Å². The Balaban J connectivity index is 2.13. The second kappa shape index (κ2) is 4.08. The van der Waals surface area contributed by atoms with Gasteiger partial charge in [-0.15, -0.1) is 0 Å².